The third-order valence-electron chi connectivity index (χ3n) is 5.62. The Hall–Kier alpha value is -1.95. The minimum Gasteiger partial charge on any atom is -0.477 e. The molecule has 2 unspecified atom stereocenters. The molecular weight excluding hydrogens is 308 g/mol. The number of hydrogen-bond donors (Lipinski definition) is 1. The van der Waals surface area contributed by atoms with Gasteiger partial charge < -0.3 is 14.7 Å². The van der Waals surface area contributed by atoms with E-state index in [1.807, 2.05) is 6.92 Å². The fraction of sp³-hybridized carbons (Fsp3) is 0.611. The molecule has 6 nitrogen and oxygen atoms in total. The first-order chi connectivity index (χ1) is 11.5. The Morgan fingerprint density at radius 3 is 2.62 bits per heavy atom. The van der Waals surface area contributed by atoms with Gasteiger partial charge in [-0.15, -0.1) is 0 Å². The largest absolute Gasteiger partial charge is 0.477 e. The molecule has 1 heterocycles. The smallest absolute Gasteiger partial charge is 0.354 e. The number of aromatic carboxylic acids is 1. The number of pyridine rings is 1. The summed E-state index contributed by atoms with van der Waals surface area (Å²) in [5.74, 6) is -1.34. The van der Waals surface area contributed by atoms with Crippen molar-refractivity contribution in [3.05, 3.63) is 29.6 Å². The first kappa shape index (κ1) is 16.9. The predicted molar refractivity (Wildman–Crippen MR) is 88.0 cm³/mol. The molecule has 0 radical (unpaired) electrons. The molecule has 2 aliphatic carbocycles. The first-order valence-corrected chi connectivity index (χ1v) is 8.58. The number of carbonyl (C=O) groups is 2. The number of amides is 1. The van der Waals surface area contributed by atoms with Gasteiger partial charge in [0, 0.05) is 25.1 Å². The quantitative estimate of drug-likeness (QED) is 0.896. The molecule has 1 aromatic heterocycles. The molecule has 1 aromatic rings. The lowest BCUT2D eigenvalue weighted by atomic mass is 9.60. The van der Waals surface area contributed by atoms with Crippen molar-refractivity contribution in [3.8, 4) is 0 Å². The van der Waals surface area contributed by atoms with Crippen LogP contribution in [0.25, 0.3) is 0 Å². The number of ether oxygens (including phenoxy) is 1. The highest BCUT2D eigenvalue weighted by Crippen LogP contribution is 2.56. The fourth-order valence-corrected chi connectivity index (χ4v) is 4.39. The Labute approximate surface area is 141 Å². The lowest BCUT2D eigenvalue weighted by Crippen LogP contribution is -2.64. The maximum Gasteiger partial charge on any atom is 0.354 e. The Morgan fingerprint density at radius 2 is 2.00 bits per heavy atom. The molecule has 0 bridgehead atoms. The van der Waals surface area contributed by atoms with Gasteiger partial charge in [0.2, 0.25) is 0 Å². The lowest BCUT2D eigenvalue weighted by Gasteiger charge is -2.56. The number of carbonyl (C=O) groups excluding carboxylic acids is 1. The van der Waals surface area contributed by atoms with Crippen LogP contribution in [0.5, 0.6) is 0 Å². The van der Waals surface area contributed by atoms with Crippen molar-refractivity contribution in [3.63, 3.8) is 0 Å². The van der Waals surface area contributed by atoms with Crippen LogP contribution in [0.3, 0.4) is 0 Å². The Balaban J connectivity index is 1.79. The van der Waals surface area contributed by atoms with Crippen LogP contribution in [-0.4, -0.2) is 52.7 Å². The topological polar surface area (TPSA) is 79.7 Å². The number of carboxylic acid groups (broad SMARTS) is 1. The van der Waals surface area contributed by atoms with Crippen LogP contribution in [0.1, 0.15) is 60.0 Å². The molecule has 0 aromatic carbocycles. The van der Waals surface area contributed by atoms with E-state index in [0.717, 1.165) is 19.3 Å². The van der Waals surface area contributed by atoms with E-state index in [1.54, 1.807) is 24.1 Å². The minimum atomic E-state index is -1.13. The van der Waals surface area contributed by atoms with Crippen LogP contribution in [-0.2, 0) is 4.74 Å². The van der Waals surface area contributed by atoms with Crippen molar-refractivity contribution in [2.75, 3.05) is 13.7 Å². The van der Waals surface area contributed by atoms with Crippen LogP contribution < -0.4 is 0 Å². The second-order valence-electron chi connectivity index (χ2n) is 6.77. The molecule has 3 rings (SSSR count). The predicted octanol–water partition coefficient (Wildman–Crippen LogP) is 2.59. The molecule has 2 saturated carbocycles. The highest BCUT2D eigenvalue weighted by Gasteiger charge is 2.58. The molecule has 2 fully saturated rings. The van der Waals surface area contributed by atoms with Crippen molar-refractivity contribution in [2.45, 2.75) is 51.2 Å². The van der Waals surface area contributed by atoms with Crippen molar-refractivity contribution >= 4 is 11.9 Å². The maximum absolute atomic E-state index is 12.8. The number of rotatable bonds is 5. The summed E-state index contributed by atoms with van der Waals surface area (Å²) in [7, 11) is 1.80. The van der Waals surface area contributed by atoms with Gasteiger partial charge in [-0.1, -0.05) is 18.9 Å². The molecule has 24 heavy (non-hydrogen) atoms. The maximum atomic E-state index is 12.8. The highest BCUT2D eigenvalue weighted by molar-refractivity contribution is 5.94. The Kier molecular flexibility index (Phi) is 4.58. The molecule has 2 atom stereocenters. The number of nitrogens with zero attached hydrogens (tertiary/aromatic N) is 2. The first-order valence-electron chi connectivity index (χ1n) is 8.58. The Bertz CT molecular complexity index is 640. The van der Waals surface area contributed by atoms with Gasteiger partial charge in [0.15, 0.2) is 0 Å². The summed E-state index contributed by atoms with van der Waals surface area (Å²) in [6, 6.07) is 4.67. The summed E-state index contributed by atoms with van der Waals surface area (Å²) in [4.78, 5) is 29.6. The van der Waals surface area contributed by atoms with E-state index >= 15 is 0 Å². The highest BCUT2D eigenvalue weighted by atomic mass is 16.5. The molecule has 1 N–H and O–H groups in total. The Morgan fingerprint density at radius 1 is 1.33 bits per heavy atom. The molecular formula is C18H24N2O4. The summed E-state index contributed by atoms with van der Waals surface area (Å²) < 4.78 is 5.90. The fourth-order valence-electron chi connectivity index (χ4n) is 4.39. The van der Waals surface area contributed by atoms with Gasteiger partial charge in [0.1, 0.15) is 11.4 Å². The van der Waals surface area contributed by atoms with Crippen molar-refractivity contribution < 1.29 is 19.4 Å². The van der Waals surface area contributed by atoms with E-state index in [2.05, 4.69) is 4.98 Å². The van der Waals surface area contributed by atoms with Crippen LogP contribution >= 0.6 is 0 Å². The second-order valence-corrected chi connectivity index (χ2v) is 6.77. The van der Waals surface area contributed by atoms with Crippen LogP contribution in [0, 0.1) is 5.41 Å². The standard InChI is InChI=1S/C18H24N2O4/c1-3-24-15-11-14(18(15)9-4-5-10-18)20(2)16(21)12-7-6-8-13(19-12)17(22)23/h6-8,14-15H,3-5,9-11H2,1-2H3,(H,22,23). The summed E-state index contributed by atoms with van der Waals surface area (Å²) >= 11 is 0. The van der Waals surface area contributed by atoms with E-state index in [4.69, 9.17) is 9.84 Å². The van der Waals surface area contributed by atoms with Crippen molar-refractivity contribution in [1.82, 2.24) is 9.88 Å². The molecule has 1 amide bonds. The molecule has 6 heteroatoms. The molecule has 0 aliphatic heterocycles. The van der Waals surface area contributed by atoms with E-state index in [9.17, 15) is 9.59 Å². The third-order valence-corrected chi connectivity index (χ3v) is 5.62. The van der Waals surface area contributed by atoms with E-state index < -0.39 is 5.97 Å². The van der Waals surface area contributed by atoms with Gasteiger partial charge in [-0.25, -0.2) is 9.78 Å². The van der Waals surface area contributed by atoms with E-state index in [0.29, 0.717) is 6.61 Å². The zero-order valence-corrected chi connectivity index (χ0v) is 14.2. The number of aromatic nitrogens is 1. The van der Waals surface area contributed by atoms with E-state index in [1.165, 1.54) is 18.9 Å². The van der Waals surface area contributed by atoms with Gasteiger partial charge in [-0.2, -0.15) is 0 Å². The minimum absolute atomic E-state index is 0.0603. The van der Waals surface area contributed by atoms with Crippen LogP contribution in [0.2, 0.25) is 0 Å². The zero-order valence-electron chi connectivity index (χ0n) is 14.2. The van der Waals surface area contributed by atoms with E-state index in [-0.39, 0.29) is 34.9 Å². The van der Waals surface area contributed by atoms with Gasteiger partial charge in [0.05, 0.1) is 6.10 Å². The van der Waals surface area contributed by atoms with Crippen molar-refractivity contribution in [2.24, 2.45) is 5.41 Å². The van der Waals surface area contributed by atoms with Crippen LogP contribution in [0.15, 0.2) is 18.2 Å². The zero-order chi connectivity index (χ0) is 17.3. The lowest BCUT2D eigenvalue weighted by molar-refractivity contribution is -0.152. The SMILES string of the molecule is CCOC1CC(N(C)C(=O)c2cccc(C(=O)O)n2)C12CCCC2. The molecule has 0 saturated heterocycles. The van der Waals surface area contributed by atoms with Gasteiger partial charge in [-0.05, 0) is 38.3 Å². The van der Waals surface area contributed by atoms with Crippen LogP contribution in [0.4, 0.5) is 0 Å². The molecule has 130 valence electrons. The summed E-state index contributed by atoms with van der Waals surface area (Å²) in [6.45, 7) is 2.70. The third kappa shape index (κ3) is 2.69. The second kappa shape index (κ2) is 6.51. The number of carboxylic acids is 1. The monoisotopic (exact) mass is 332 g/mol. The average Bonchev–Trinajstić information content (AvgIpc) is 3.10. The van der Waals surface area contributed by atoms with Gasteiger partial charge in [-0.3, -0.25) is 4.79 Å². The van der Waals surface area contributed by atoms with Crippen molar-refractivity contribution in [1.29, 1.82) is 0 Å². The molecule has 2 aliphatic rings. The molecule has 1 spiro atoms. The normalized spacial score (nSPS) is 24.6. The summed E-state index contributed by atoms with van der Waals surface area (Å²) in [6.07, 6.45) is 5.59. The summed E-state index contributed by atoms with van der Waals surface area (Å²) in [5.41, 5.74) is 0.140. The van der Waals surface area contributed by atoms with Gasteiger partial charge in [0.25, 0.3) is 5.91 Å². The average molecular weight is 332 g/mol. The summed E-state index contributed by atoms with van der Waals surface area (Å²) in [5, 5.41) is 9.05. The van der Waals surface area contributed by atoms with Gasteiger partial charge >= 0.3 is 5.97 Å². The number of hydrogen-bond acceptors (Lipinski definition) is 4.